The molecule has 0 spiro atoms. The number of nitrogens with zero attached hydrogens (tertiary/aromatic N) is 2. The van der Waals surface area contributed by atoms with Crippen molar-refractivity contribution in [3.63, 3.8) is 0 Å². The van der Waals surface area contributed by atoms with Gasteiger partial charge in [0.1, 0.15) is 23.8 Å². The van der Waals surface area contributed by atoms with E-state index in [9.17, 15) is 9.18 Å². The van der Waals surface area contributed by atoms with Gasteiger partial charge >= 0.3 is 0 Å². The molecule has 2 aromatic carbocycles. The molecular formula is C26H24FN3O2. The van der Waals surface area contributed by atoms with E-state index in [1.807, 2.05) is 60.1 Å². The monoisotopic (exact) mass is 429 g/mol. The van der Waals surface area contributed by atoms with E-state index in [4.69, 9.17) is 4.74 Å². The van der Waals surface area contributed by atoms with Gasteiger partial charge in [0, 0.05) is 24.4 Å². The number of hydrogen-bond acceptors (Lipinski definition) is 3. The standard InChI is InChI=1S/C26H24FN3O2/c1-18-5-4-14-30-15-21(29-24(18)30)16-32-23-7-3-2-6-22(23)25(31)28-17-26(12-13-26)19-8-10-20(27)11-9-19/h2-11,14-15H,12-13,16-17H2,1H3,(H,28,31). The van der Waals surface area contributed by atoms with Crippen molar-refractivity contribution in [1.29, 1.82) is 0 Å². The molecule has 2 heterocycles. The van der Waals surface area contributed by atoms with Crippen molar-refractivity contribution in [2.45, 2.75) is 31.8 Å². The zero-order valence-corrected chi connectivity index (χ0v) is 17.8. The van der Waals surface area contributed by atoms with Crippen LogP contribution in [0, 0.1) is 12.7 Å². The highest BCUT2D eigenvalue weighted by molar-refractivity contribution is 5.97. The van der Waals surface area contributed by atoms with Crippen molar-refractivity contribution in [1.82, 2.24) is 14.7 Å². The van der Waals surface area contributed by atoms with E-state index < -0.39 is 0 Å². The average molecular weight is 429 g/mol. The van der Waals surface area contributed by atoms with Crippen molar-refractivity contribution < 1.29 is 13.9 Å². The SMILES string of the molecule is Cc1cccn2cc(COc3ccccc3C(=O)NCC3(c4ccc(F)cc4)CC3)nc12. The number of amides is 1. The van der Waals surface area contributed by atoms with Crippen LogP contribution in [0.2, 0.25) is 0 Å². The van der Waals surface area contributed by atoms with Crippen LogP contribution >= 0.6 is 0 Å². The molecule has 1 saturated carbocycles. The maximum atomic E-state index is 13.3. The second-order valence-electron chi connectivity index (χ2n) is 8.41. The quantitative estimate of drug-likeness (QED) is 0.458. The third kappa shape index (κ3) is 3.96. The van der Waals surface area contributed by atoms with Gasteiger partial charge in [-0.2, -0.15) is 0 Å². The maximum Gasteiger partial charge on any atom is 0.255 e. The van der Waals surface area contributed by atoms with E-state index >= 15 is 0 Å². The molecule has 0 aliphatic heterocycles. The summed E-state index contributed by atoms with van der Waals surface area (Å²) in [5.41, 5.74) is 4.23. The number of benzene rings is 2. The molecule has 1 aliphatic carbocycles. The Morgan fingerprint density at radius 3 is 2.66 bits per heavy atom. The molecule has 0 saturated heterocycles. The number of carbonyl (C=O) groups excluding carboxylic acids is 1. The summed E-state index contributed by atoms with van der Waals surface area (Å²) in [5, 5.41) is 3.05. The molecule has 5 rings (SSSR count). The van der Waals surface area contributed by atoms with Gasteiger partial charge in [-0.1, -0.05) is 30.3 Å². The molecule has 1 aliphatic rings. The van der Waals surface area contributed by atoms with E-state index in [0.29, 0.717) is 17.9 Å². The molecule has 1 N–H and O–H groups in total. The molecule has 1 amide bonds. The fraction of sp³-hybridized carbons (Fsp3) is 0.231. The van der Waals surface area contributed by atoms with Gasteiger partial charge < -0.3 is 14.5 Å². The number of pyridine rings is 1. The van der Waals surface area contributed by atoms with Gasteiger partial charge in [0.15, 0.2) is 0 Å². The van der Waals surface area contributed by atoms with Crippen LogP contribution in [0.25, 0.3) is 5.65 Å². The highest BCUT2D eigenvalue weighted by atomic mass is 19.1. The minimum Gasteiger partial charge on any atom is -0.486 e. The summed E-state index contributed by atoms with van der Waals surface area (Å²) in [6.45, 7) is 2.80. The third-order valence-electron chi connectivity index (χ3n) is 6.13. The van der Waals surface area contributed by atoms with Gasteiger partial charge in [-0.15, -0.1) is 0 Å². The lowest BCUT2D eigenvalue weighted by molar-refractivity contribution is 0.0945. The summed E-state index contributed by atoms with van der Waals surface area (Å²) in [7, 11) is 0. The Hall–Kier alpha value is -3.67. The first-order chi connectivity index (χ1) is 15.5. The Labute approximate surface area is 185 Å². The van der Waals surface area contributed by atoms with Crippen LogP contribution in [-0.4, -0.2) is 21.8 Å². The number of hydrogen-bond donors (Lipinski definition) is 1. The van der Waals surface area contributed by atoms with Gasteiger partial charge in [0.2, 0.25) is 0 Å². The number of carbonyl (C=O) groups is 1. The lowest BCUT2D eigenvalue weighted by atomic mass is 9.96. The first kappa shape index (κ1) is 20.2. The zero-order chi connectivity index (χ0) is 22.1. The Bertz CT molecular complexity index is 1280. The molecule has 0 unspecified atom stereocenters. The molecule has 1 fully saturated rings. The van der Waals surface area contributed by atoms with Crippen LogP contribution in [0.1, 0.15) is 40.0 Å². The molecule has 32 heavy (non-hydrogen) atoms. The normalized spacial score (nSPS) is 14.3. The summed E-state index contributed by atoms with van der Waals surface area (Å²) in [6.07, 6.45) is 5.84. The molecule has 4 aromatic rings. The lowest BCUT2D eigenvalue weighted by Gasteiger charge is -2.17. The molecule has 0 bridgehead atoms. The first-order valence-electron chi connectivity index (χ1n) is 10.7. The Morgan fingerprint density at radius 1 is 1.12 bits per heavy atom. The van der Waals surface area contributed by atoms with Crippen LogP contribution in [0.15, 0.2) is 73.1 Å². The molecule has 2 aromatic heterocycles. The van der Waals surface area contributed by atoms with Crippen LogP contribution in [0.4, 0.5) is 4.39 Å². The minimum atomic E-state index is -0.250. The van der Waals surface area contributed by atoms with Crippen molar-refractivity contribution in [3.8, 4) is 5.75 Å². The van der Waals surface area contributed by atoms with E-state index in [1.165, 1.54) is 12.1 Å². The first-order valence-corrected chi connectivity index (χ1v) is 10.7. The van der Waals surface area contributed by atoms with Gasteiger partial charge in [-0.25, -0.2) is 9.37 Å². The van der Waals surface area contributed by atoms with Crippen molar-refractivity contribution >= 4 is 11.6 Å². The Morgan fingerprint density at radius 2 is 1.91 bits per heavy atom. The Kier molecular flexibility index (Phi) is 5.13. The second kappa shape index (κ2) is 8.11. The topological polar surface area (TPSA) is 55.6 Å². The number of imidazole rings is 1. The number of nitrogens with one attached hydrogen (secondary N) is 1. The zero-order valence-electron chi connectivity index (χ0n) is 17.8. The highest BCUT2D eigenvalue weighted by Crippen LogP contribution is 2.47. The number of halogens is 1. The van der Waals surface area contributed by atoms with Gasteiger partial charge in [0.25, 0.3) is 5.91 Å². The smallest absolute Gasteiger partial charge is 0.255 e. The number of para-hydroxylation sites is 1. The number of rotatable bonds is 7. The number of fused-ring (bicyclic) bond motifs is 1. The van der Waals surface area contributed by atoms with Crippen molar-refractivity contribution in [2.75, 3.05) is 6.54 Å². The summed E-state index contributed by atoms with van der Waals surface area (Å²) in [6, 6.07) is 17.8. The van der Waals surface area contributed by atoms with Crippen molar-refractivity contribution in [3.05, 3.63) is 101 Å². The fourth-order valence-electron chi connectivity index (χ4n) is 4.07. The van der Waals surface area contributed by atoms with Gasteiger partial charge in [-0.05, 0) is 61.2 Å². The summed E-state index contributed by atoms with van der Waals surface area (Å²) < 4.78 is 21.2. The van der Waals surface area contributed by atoms with Crippen LogP contribution in [0.3, 0.4) is 0 Å². The average Bonchev–Trinajstić information content (AvgIpc) is 3.48. The summed E-state index contributed by atoms with van der Waals surface area (Å²) >= 11 is 0. The highest BCUT2D eigenvalue weighted by Gasteiger charge is 2.44. The summed E-state index contributed by atoms with van der Waals surface area (Å²) in [4.78, 5) is 17.6. The second-order valence-corrected chi connectivity index (χ2v) is 8.41. The van der Waals surface area contributed by atoms with Crippen LogP contribution < -0.4 is 10.1 Å². The molecule has 5 nitrogen and oxygen atoms in total. The number of aromatic nitrogens is 2. The van der Waals surface area contributed by atoms with Crippen molar-refractivity contribution in [2.24, 2.45) is 0 Å². The fourth-order valence-corrected chi connectivity index (χ4v) is 4.07. The van der Waals surface area contributed by atoms with Crippen LogP contribution in [0.5, 0.6) is 5.75 Å². The largest absolute Gasteiger partial charge is 0.486 e. The minimum absolute atomic E-state index is 0.104. The molecular weight excluding hydrogens is 405 g/mol. The van der Waals surface area contributed by atoms with Gasteiger partial charge in [0.05, 0.1) is 11.3 Å². The summed E-state index contributed by atoms with van der Waals surface area (Å²) in [5.74, 6) is 0.0886. The third-order valence-corrected chi connectivity index (χ3v) is 6.13. The molecule has 162 valence electrons. The van der Waals surface area contributed by atoms with Crippen LogP contribution in [-0.2, 0) is 12.0 Å². The predicted octanol–water partition coefficient (Wildman–Crippen LogP) is 4.82. The van der Waals surface area contributed by atoms with E-state index in [2.05, 4.69) is 10.3 Å². The molecule has 0 radical (unpaired) electrons. The predicted molar refractivity (Wildman–Crippen MR) is 120 cm³/mol. The lowest BCUT2D eigenvalue weighted by Crippen LogP contribution is -2.32. The molecule has 6 heteroatoms. The van der Waals surface area contributed by atoms with E-state index in [1.54, 1.807) is 12.1 Å². The maximum absolute atomic E-state index is 13.3. The number of ether oxygens (including phenoxy) is 1. The number of aryl methyl sites for hydroxylation is 1. The van der Waals surface area contributed by atoms with Gasteiger partial charge in [-0.3, -0.25) is 4.79 Å². The molecule has 0 atom stereocenters. The van der Waals surface area contributed by atoms with E-state index in [0.717, 1.165) is 35.3 Å². The van der Waals surface area contributed by atoms with E-state index in [-0.39, 0.29) is 23.7 Å². The Balaban J connectivity index is 1.27.